The van der Waals surface area contributed by atoms with Crippen LogP contribution >= 0.6 is 24.0 Å². The van der Waals surface area contributed by atoms with E-state index < -0.39 is 24.9 Å². The van der Waals surface area contributed by atoms with Gasteiger partial charge in [-0.05, 0) is 37.3 Å². The minimum absolute atomic E-state index is 0. The predicted molar refractivity (Wildman–Crippen MR) is 117 cm³/mol. The molecule has 0 bridgehead atoms. The van der Waals surface area contributed by atoms with Crippen LogP contribution in [0.3, 0.4) is 0 Å². The zero-order valence-electron chi connectivity index (χ0n) is 17.2. The number of hydrogen-bond donors (Lipinski definition) is 2. The van der Waals surface area contributed by atoms with E-state index in [1.165, 1.54) is 0 Å². The fourth-order valence-electron chi connectivity index (χ4n) is 3.40. The van der Waals surface area contributed by atoms with Crippen LogP contribution in [-0.4, -0.2) is 37.5 Å². The first kappa shape index (κ1) is 27.8. The summed E-state index contributed by atoms with van der Waals surface area (Å²) in [5.41, 5.74) is 1.35. The van der Waals surface area contributed by atoms with E-state index in [-0.39, 0.29) is 56.0 Å². The number of nitrogens with one attached hydrogen (secondary N) is 2. The number of benzene rings is 1. The van der Waals surface area contributed by atoms with E-state index >= 15 is 0 Å². The van der Waals surface area contributed by atoms with Crippen molar-refractivity contribution in [3.05, 3.63) is 35.4 Å². The zero-order valence-corrected chi connectivity index (χ0v) is 19.5. The number of alkyl halides is 6. The number of halogens is 7. The monoisotopic (exact) mass is 567 g/mol. The summed E-state index contributed by atoms with van der Waals surface area (Å²) in [6.07, 6.45) is -7.26. The van der Waals surface area contributed by atoms with Crippen LogP contribution in [0.5, 0.6) is 0 Å². The zero-order chi connectivity index (χ0) is 22.2. The molecule has 0 aromatic heterocycles. The molecule has 4 nitrogen and oxygen atoms in total. The van der Waals surface area contributed by atoms with Gasteiger partial charge in [0, 0.05) is 12.6 Å². The first-order chi connectivity index (χ1) is 14.1. The third kappa shape index (κ3) is 10.8. The normalized spacial score (nSPS) is 20.2. The van der Waals surface area contributed by atoms with Crippen molar-refractivity contribution in [3.8, 4) is 0 Å². The van der Waals surface area contributed by atoms with Crippen LogP contribution in [0.15, 0.2) is 29.3 Å². The van der Waals surface area contributed by atoms with Gasteiger partial charge in [-0.1, -0.05) is 30.7 Å². The fraction of sp³-hybridized carbons (Fsp3) is 0.650. The molecule has 0 heterocycles. The average Bonchev–Trinajstić information content (AvgIpc) is 2.65. The van der Waals surface area contributed by atoms with Gasteiger partial charge in [0.25, 0.3) is 0 Å². The number of aliphatic imine (C=N–C) groups is 1. The second-order valence-corrected chi connectivity index (χ2v) is 7.37. The Labute approximate surface area is 195 Å². The van der Waals surface area contributed by atoms with E-state index in [1.54, 1.807) is 24.3 Å². The summed E-state index contributed by atoms with van der Waals surface area (Å²) in [6, 6.07) is 6.52. The molecule has 0 saturated heterocycles. The Hall–Kier alpha value is -1.24. The molecule has 1 fully saturated rings. The molecule has 0 spiro atoms. The SMILES string of the molecule is CCNC(=NCc1cccc(COCC(F)(F)F)c1)NC1CCCC(C(F)(F)F)C1.I. The maximum absolute atomic E-state index is 13.0. The highest BCUT2D eigenvalue weighted by atomic mass is 127. The molecule has 11 heteroatoms. The summed E-state index contributed by atoms with van der Waals surface area (Å²) in [6.45, 7) is 1.15. The molecule has 31 heavy (non-hydrogen) atoms. The summed E-state index contributed by atoms with van der Waals surface area (Å²) in [5.74, 6) is -0.885. The van der Waals surface area contributed by atoms with Gasteiger partial charge in [-0.25, -0.2) is 4.99 Å². The molecular weight excluding hydrogens is 539 g/mol. The Morgan fingerprint density at radius 2 is 1.84 bits per heavy atom. The predicted octanol–water partition coefficient (Wildman–Crippen LogP) is 5.56. The fourth-order valence-corrected chi connectivity index (χ4v) is 3.40. The van der Waals surface area contributed by atoms with Crippen molar-refractivity contribution in [1.82, 2.24) is 10.6 Å². The second-order valence-electron chi connectivity index (χ2n) is 7.37. The Bertz CT molecular complexity index is 696. The minimum Gasteiger partial charge on any atom is -0.367 e. The van der Waals surface area contributed by atoms with Gasteiger partial charge in [0.15, 0.2) is 5.96 Å². The first-order valence-electron chi connectivity index (χ1n) is 9.90. The maximum atomic E-state index is 13.0. The highest BCUT2D eigenvalue weighted by molar-refractivity contribution is 14.0. The van der Waals surface area contributed by atoms with Crippen molar-refractivity contribution in [2.24, 2.45) is 10.9 Å². The van der Waals surface area contributed by atoms with Gasteiger partial charge < -0.3 is 15.4 Å². The third-order valence-corrected chi connectivity index (χ3v) is 4.77. The number of ether oxygens (including phenoxy) is 1. The molecule has 0 radical (unpaired) electrons. The lowest BCUT2D eigenvalue weighted by atomic mass is 9.85. The Morgan fingerprint density at radius 1 is 1.13 bits per heavy atom. The van der Waals surface area contributed by atoms with Gasteiger partial charge >= 0.3 is 12.4 Å². The van der Waals surface area contributed by atoms with Crippen LogP contribution in [0, 0.1) is 5.92 Å². The Balaban J connectivity index is 0.00000480. The van der Waals surface area contributed by atoms with Crippen LogP contribution < -0.4 is 10.6 Å². The molecule has 2 N–H and O–H groups in total. The lowest BCUT2D eigenvalue weighted by Crippen LogP contribution is -2.46. The van der Waals surface area contributed by atoms with Crippen molar-refractivity contribution in [2.75, 3.05) is 13.2 Å². The number of rotatable bonds is 7. The van der Waals surface area contributed by atoms with Crippen molar-refractivity contribution in [2.45, 2.75) is 64.2 Å². The molecular formula is C20H28F6IN3O. The minimum atomic E-state index is -4.38. The number of guanidine groups is 1. The van der Waals surface area contributed by atoms with Gasteiger partial charge in [-0.3, -0.25) is 0 Å². The van der Waals surface area contributed by atoms with Crippen molar-refractivity contribution < 1.29 is 31.1 Å². The molecule has 0 aliphatic heterocycles. The molecule has 0 amide bonds. The van der Waals surface area contributed by atoms with Gasteiger partial charge in [0.2, 0.25) is 0 Å². The molecule has 2 unspecified atom stereocenters. The molecule has 1 aromatic rings. The molecule has 1 aliphatic rings. The van der Waals surface area contributed by atoms with Crippen LogP contribution in [0.4, 0.5) is 26.3 Å². The van der Waals surface area contributed by atoms with Gasteiger partial charge in [0.1, 0.15) is 6.61 Å². The topological polar surface area (TPSA) is 45.7 Å². The van der Waals surface area contributed by atoms with Crippen molar-refractivity contribution in [3.63, 3.8) is 0 Å². The summed E-state index contributed by atoms with van der Waals surface area (Å²) in [7, 11) is 0. The van der Waals surface area contributed by atoms with Crippen LogP contribution in [-0.2, 0) is 17.9 Å². The molecule has 1 aromatic carbocycles. The van der Waals surface area contributed by atoms with E-state index in [4.69, 9.17) is 0 Å². The molecule has 1 aliphatic carbocycles. The Morgan fingerprint density at radius 3 is 2.48 bits per heavy atom. The highest BCUT2D eigenvalue weighted by Crippen LogP contribution is 2.37. The molecule has 2 rings (SSSR count). The van der Waals surface area contributed by atoms with E-state index in [9.17, 15) is 26.3 Å². The van der Waals surface area contributed by atoms with E-state index in [0.29, 0.717) is 30.9 Å². The standard InChI is InChI=1S/C20H27F6N3O.HI/c1-2-27-18(29-17-8-4-7-16(10-17)20(24,25)26)28-11-14-5-3-6-15(9-14)12-30-13-19(21,22)23;/h3,5-6,9,16-17H,2,4,7-8,10-13H2,1H3,(H2,27,28,29);1H. The Kier molecular flexibility index (Phi) is 11.4. The lowest BCUT2D eigenvalue weighted by molar-refractivity contribution is -0.183. The van der Waals surface area contributed by atoms with Gasteiger partial charge in [0.05, 0.1) is 19.1 Å². The van der Waals surface area contributed by atoms with Crippen LogP contribution in [0.2, 0.25) is 0 Å². The number of nitrogens with zero attached hydrogens (tertiary/aromatic N) is 1. The van der Waals surface area contributed by atoms with E-state index in [2.05, 4.69) is 20.4 Å². The van der Waals surface area contributed by atoms with Crippen molar-refractivity contribution >= 4 is 29.9 Å². The smallest absolute Gasteiger partial charge is 0.367 e. The van der Waals surface area contributed by atoms with Crippen LogP contribution in [0.25, 0.3) is 0 Å². The van der Waals surface area contributed by atoms with E-state index in [0.717, 1.165) is 5.56 Å². The largest absolute Gasteiger partial charge is 0.411 e. The third-order valence-electron chi connectivity index (χ3n) is 4.77. The van der Waals surface area contributed by atoms with Crippen molar-refractivity contribution in [1.29, 1.82) is 0 Å². The first-order valence-corrected chi connectivity index (χ1v) is 9.90. The number of hydrogen-bond acceptors (Lipinski definition) is 2. The maximum Gasteiger partial charge on any atom is 0.411 e. The van der Waals surface area contributed by atoms with Gasteiger partial charge in [-0.15, -0.1) is 24.0 Å². The summed E-state index contributed by atoms with van der Waals surface area (Å²) in [4.78, 5) is 4.42. The van der Waals surface area contributed by atoms with E-state index in [1.807, 2.05) is 6.92 Å². The summed E-state index contributed by atoms with van der Waals surface area (Å²) in [5, 5.41) is 6.11. The van der Waals surface area contributed by atoms with Crippen LogP contribution in [0.1, 0.15) is 43.7 Å². The quantitative estimate of drug-likeness (QED) is 0.197. The molecule has 2 atom stereocenters. The summed E-state index contributed by atoms with van der Waals surface area (Å²) >= 11 is 0. The molecule has 178 valence electrons. The second kappa shape index (κ2) is 12.7. The highest BCUT2D eigenvalue weighted by Gasteiger charge is 2.42. The molecule has 1 saturated carbocycles. The summed E-state index contributed by atoms with van der Waals surface area (Å²) < 4.78 is 80.3. The lowest BCUT2D eigenvalue weighted by Gasteiger charge is -2.31. The van der Waals surface area contributed by atoms with Gasteiger partial charge in [-0.2, -0.15) is 26.3 Å². The average molecular weight is 567 g/mol.